The number of ether oxygens (including phenoxy) is 1. The normalized spacial score (nSPS) is 10.3. The summed E-state index contributed by atoms with van der Waals surface area (Å²) in [6.45, 7) is 1.47. The number of aromatic nitrogens is 2. The van der Waals surface area contributed by atoms with Crippen LogP contribution < -0.4 is 10.1 Å². The number of amides is 1. The van der Waals surface area contributed by atoms with Gasteiger partial charge in [0.15, 0.2) is 0 Å². The lowest BCUT2D eigenvalue weighted by molar-refractivity contribution is -0.114. The lowest BCUT2D eigenvalue weighted by Gasteiger charge is -2.01. The lowest BCUT2D eigenvalue weighted by atomic mass is 10.2. The van der Waals surface area contributed by atoms with E-state index < -0.39 is 0 Å². The molecule has 1 heterocycles. The van der Waals surface area contributed by atoms with Crippen LogP contribution in [0.3, 0.4) is 0 Å². The van der Waals surface area contributed by atoms with Crippen LogP contribution in [0.1, 0.15) is 6.92 Å². The van der Waals surface area contributed by atoms with Crippen LogP contribution in [0.5, 0.6) is 5.75 Å². The molecule has 0 bridgehead atoms. The second-order valence-electron chi connectivity index (χ2n) is 4.91. The molecule has 23 heavy (non-hydrogen) atoms. The zero-order chi connectivity index (χ0) is 16.2. The smallest absolute Gasteiger partial charge is 0.258 e. The van der Waals surface area contributed by atoms with E-state index in [1.165, 1.54) is 6.92 Å². The van der Waals surface area contributed by atoms with E-state index >= 15 is 0 Å². The minimum absolute atomic E-state index is 0.114. The minimum atomic E-state index is -0.114. The molecule has 0 saturated carbocycles. The maximum absolute atomic E-state index is 11.0. The topological polar surface area (TPSA) is 77.3 Å². The van der Waals surface area contributed by atoms with Crippen LogP contribution >= 0.6 is 0 Å². The zero-order valence-corrected chi connectivity index (χ0v) is 12.7. The Hall–Kier alpha value is -3.15. The van der Waals surface area contributed by atoms with Gasteiger partial charge in [-0.05, 0) is 48.5 Å². The molecule has 0 spiro atoms. The number of carbonyl (C=O) groups is 1. The molecule has 0 aliphatic heterocycles. The van der Waals surface area contributed by atoms with Gasteiger partial charge in [0.25, 0.3) is 5.89 Å². The van der Waals surface area contributed by atoms with Crippen LogP contribution in [0.25, 0.3) is 22.8 Å². The van der Waals surface area contributed by atoms with Gasteiger partial charge in [-0.15, -0.1) is 0 Å². The third kappa shape index (κ3) is 3.37. The van der Waals surface area contributed by atoms with Gasteiger partial charge in [-0.25, -0.2) is 0 Å². The van der Waals surface area contributed by atoms with E-state index in [-0.39, 0.29) is 5.91 Å². The van der Waals surface area contributed by atoms with Crippen LogP contribution in [0, 0.1) is 0 Å². The van der Waals surface area contributed by atoms with Crippen molar-refractivity contribution in [3.63, 3.8) is 0 Å². The molecule has 0 atom stereocenters. The Labute approximate surface area is 133 Å². The van der Waals surface area contributed by atoms with Gasteiger partial charge in [0.1, 0.15) is 5.75 Å². The molecule has 0 fully saturated rings. The summed E-state index contributed by atoms with van der Waals surface area (Å²) < 4.78 is 10.4. The predicted molar refractivity (Wildman–Crippen MR) is 86.0 cm³/mol. The van der Waals surface area contributed by atoms with E-state index in [2.05, 4.69) is 15.5 Å². The Morgan fingerprint density at radius 2 is 1.70 bits per heavy atom. The maximum atomic E-state index is 11.0. The standard InChI is InChI=1S/C17H15N3O3/c1-11(21)18-14-7-3-13(4-8-14)17-19-16(20-23-17)12-5-9-15(22-2)10-6-12/h3-10H,1-2H3,(H,18,21). The first-order chi connectivity index (χ1) is 11.2. The van der Waals surface area contributed by atoms with Gasteiger partial charge in [0, 0.05) is 23.7 Å². The zero-order valence-electron chi connectivity index (χ0n) is 12.7. The Bertz CT molecular complexity index is 808. The molecule has 2 aromatic carbocycles. The molecule has 0 aliphatic carbocycles. The highest BCUT2D eigenvalue weighted by Gasteiger charge is 2.10. The Morgan fingerprint density at radius 1 is 1.04 bits per heavy atom. The molecule has 116 valence electrons. The number of rotatable bonds is 4. The van der Waals surface area contributed by atoms with Gasteiger partial charge in [-0.1, -0.05) is 5.16 Å². The van der Waals surface area contributed by atoms with Gasteiger partial charge in [-0.2, -0.15) is 4.98 Å². The Balaban J connectivity index is 1.81. The molecule has 1 aromatic heterocycles. The molecule has 1 amide bonds. The molecule has 6 nitrogen and oxygen atoms in total. The van der Waals surface area contributed by atoms with E-state index in [0.717, 1.165) is 22.6 Å². The van der Waals surface area contributed by atoms with Crippen molar-refractivity contribution in [2.45, 2.75) is 6.92 Å². The molecule has 0 aliphatic rings. The number of methoxy groups -OCH3 is 1. The Morgan fingerprint density at radius 3 is 2.30 bits per heavy atom. The quantitative estimate of drug-likeness (QED) is 0.799. The minimum Gasteiger partial charge on any atom is -0.497 e. The maximum Gasteiger partial charge on any atom is 0.258 e. The number of carbonyl (C=O) groups excluding carboxylic acids is 1. The third-order valence-electron chi connectivity index (χ3n) is 3.23. The van der Waals surface area contributed by atoms with Gasteiger partial charge in [0.05, 0.1) is 7.11 Å². The molecule has 0 unspecified atom stereocenters. The van der Waals surface area contributed by atoms with Crippen molar-refractivity contribution >= 4 is 11.6 Å². The molecule has 0 radical (unpaired) electrons. The highest BCUT2D eigenvalue weighted by Crippen LogP contribution is 2.24. The van der Waals surface area contributed by atoms with Crippen LogP contribution in [-0.4, -0.2) is 23.2 Å². The fourth-order valence-corrected chi connectivity index (χ4v) is 2.10. The second-order valence-corrected chi connectivity index (χ2v) is 4.91. The van der Waals surface area contributed by atoms with E-state index in [9.17, 15) is 4.79 Å². The Kier molecular flexibility index (Phi) is 4.05. The van der Waals surface area contributed by atoms with Gasteiger partial charge < -0.3 is 14.6 Å². The number of hydrogen-bond acceptors (Lipinski definition) is 5. The summed E-state index contributed by atoms with van der Waals surface area (Å²) in [5.41, 5.74) is 2.35. The highest BCUT2D eigenvalue weighted by atomic mass is 16.5. The molecule has 1 N–H and O–H groups in total. The number of nitrogens with one attached hydrogen (secondary N) is 1. The summed E-state index contributed by atoms with van der Waals surface area (Å²) in [5, 5.41) is 6.70. The summed E-state index contributed by atoms with van der Waals surface area (Å²) in [6.07, 6.45) is 0. The number of nitrogens with zero attached hydrogens (tertiary/aromatic N) is 2. The van der Waals surface area contributed by atoms with Crippen LogP contribution in [0.2, 0.25) is 0 Å². The monoisotopic (exact) mass is 309 g/mol. The van der Waals surface area contributed by atoms with Crippen molar-refractivity contribution in [1.82, 2.24) is 10.1 Å². The molecule has 3 aromatic rings. The highest BCUT2D eigenvalue weighted by molar-refractivity contribution is 5.88. The number of hydrogen-bond donors (Lipinski definition) is 1. The van der Waals surface area contributed by atoms with Crippen molar-refractivity contribution in [2.24, 2.45) is 0 Å². The fourth-order valence-electron chi connectivity index (χ4n) is 2.10. The summed E-state index contributed by atoms with van der Waals surface area (Å²) in [4.78, 5) is 15.4. The number of benzene rings is 2. The number of anilines is 1. The molecule has 0 saturated heterocycles. The molecule has 3 rings (SSSR count). The van der Waals surface area contributed by atoms with E-state index in [0.29, 0.717) is 11.7 Å². The summed E-state index contributed by atoms with van der Waals surface area (Å²) in [6, 6.07) is 14.6. The molecule has 6 heteroatoms. The fraction of sp³-hybridized carbons (Fsp3) is 0.118. The van der Waals surface area contributed by atoms with E-state index in [1.54, 1.807) is 19.2 Å². The summed E-state index contributed by atoms with van der Waals surface area (Å²) >= 11 is 0. The second kappa shape index (κ2) is 6.31. The van der Waals surface area contributed by atoms with Gasteiger partial charge >= 0.3 is 0 Å². The van der Waals surface area contributed by atoms with Gasteiger partial charge in [-0.3, -0.25) is 4.79 Å². The third-order valence-corrected chi connectivity index (χ3v) is 3.23. The predicted octanol–water partition coefficient (Wildman–Crippen LogP) is 3.37. The van der Waals surface area contributed by atoms with E-state index in [1.807, 2.05) is 36.4 Å². The summed E-state index contributed by atoms with van der Waals surface area (Å²) in [5.74, 6) is 1.59. The summed E-state index contributed by atoms with van der Waals surface area (Å²) in [7, 11) is 1.62. The van der Waals surface area contributed by atoms with Crippen molar-refractivity contribution in [1.29, 1.82) is 0 Å². The van der Waals surface area contributed by atoms with Crippen LogP contribution in [0.4, 0.5) is 5.69 Å². The van der Waals surface area contributed by atoms with Crippen molar-refractivity contribution in [3.05, 3.63) is 48.5 Å². The average Bonchev–Trinajstić information content (AvgIpc) is 3.05. The van der Waals surface area contributed by atoms with Crippen molar-refractivity contribution in [3.8, 4) is 28.6 Å². The largest absolute Gasteiger partial charge is 0.497 e. The first-order valence-electron chi connectivity index (χ1n) is 7.02. The SMILES string of the molecule is COc1ccc(-c2noc(-c3ccc(NC(C)=O)cc3)n2)cc1. The molecular formula is C17H15N3O3. The lowest BCUT2D eigenvalue weighted by Crippen LogP contribution is -2.05. The average molecular weight is 309 g/mol. The van der Waals surface area contributed by atoms with Crippen molar-refractivity contribution < 1.29 is 14.1 Å². The van der Waals surface area contributed by atoms with Crippen molar-refractivity contribution in [2.75, 3.05) is 12.4 Å². The van der Waals surface area contributed by atoms with Crippen LogP contribution in [0.15, 0.2) is 53.1 Å². The first kappa shape index (κ1) is 14.8. The van der Waals surface area contributed by atoms with Gasteiger partial charge in [0.2, 0.25) is 11.7 Å². The van der Waals surface area contributed by atoms with E-state index in [4.69, 9.17) is 9.26 Å². The first-order valence-corrected chi connectivity index (χ1v) is 7.02. The molecular weight excluding hydrogens is 294 g/mol. The van der Waals surface area contributed by atoms with Crippen LogP contribution in [-0.2, 0) is 4.79 Å².